The maximum absolute atomic E-state index is 6.19. The molecule has 0 spiro atoms. The minimum Gasteiger partial charge on any atom is -0.381 e. The van der Waals surface area contributed by atoms with Gasteiger partial charge in [0.15, 0.2) is 0 Å². The standard InChI is InChI=1S/C17H21ClN2/c1-11-5-3-4-6-15(11)20-16-9-10-19-17-12(2)14(18)8-7-13(16)17/h7-11,15H,3-6H2,1-2H3,(H,19,20)/t11-,15+/m1/s1. The Kier molecular flexibility index (Phi) is 3.84. The maximum atomic E-state index is 6.19. The number of rotatable bonds is 2. The van der Waals surface area contributed by atoms with Gasteiger partial charge in [0.05, 0.1) is 5.52 Å². The summed E-state index contributed by atoms with van der Waals surface area (Å²) in [4.78, 5) is 4.49. The molecule has 1 aromatic carbocycles. The molecule has 1 saturated carbocycles. The average molecular weight is 289 g/mol. The summed E-state index contributed by atoms with van der Waals surface area (Å²) in [7, 11) is 0. The van der Waals surface area contributed by atoms with Crippen LogP contribution in [0.15, 0.2) is 24.4 Å². The third kappa shape index (κ3) is 2.49. The molecule has 1 aliphatic rings. The van der Waals surface area contributed by atoms with E-state index in [1.165, 1.54) is 36.8 Å². The lowest BCUT2D eigenvalue weighted by Crippen LogP contribution is -2.30. The van der Waals surface area contributed by atoms with E-state index in [2.05, 4.69) is 29.4 Å². The molecule has 1 aliphatic carbocycles. The predicted molar refractivity (Wildman–Crippen MR) is 86.5 cm³/mol. The van der Waals surface area contributed by atoms with Crippen molar-refractivity contribution in [3.8, 4) is 0 Å². The first-order valence-electron chi connectivity index (χ1n) is 7.47. The lowest BCUT2D eigenvalue weighted by atomic mass is 9.85. The molecule has 0 aliphatic heterocycles. The minimum absolute atomic E-state index is 0.574. The van der Waals surface area contributed by atoms with E-state index in [-0.39, 0.29) is 0 Å². The first-order chi connectivity index (χ1) is 9.66. The Morgan fingerprint density at radius 2 is 2.00 bits per heavy atom. The number of aromatic nitrogens is 1. The number of nitrogens with zero attached hydrogens (tertiary/aromatic N) is 1. The van der Waals surface area contributed by atoms with Crippen molar-refractivity contribution < 1.29 is 0 Å². The van der Waals surface area contributed by atoms with E-state index in [0.29, 0.717) is 6.04 Å². The van der Waals surface area contributed by atoms with E-state index in [0.717, 1.165) is 22.0 Å². The summed E-state index contributed by atoms with van der Waals surface area (Å²) in [5.41, 5.74) is 3.25. The van der Waals surface area contributed by atoms with Gasteiger partial charge in [-0.2, -0.15) is 0 Å². The molecule has 2 atom stereocenters. The van der Waals surface area contributed by atoms with Gasteiger partial charge in [-0.15, -0.1) is 0 Å². The SMILES string of the molecule is Cc1c(Cl)ccc2c(N[C@H]3CCCC[C@H]3C)ccnc12. The number of hydrogen-bond acceptors (Lipinski definition) is 2. The second-order valence-corrected chi connectivity index (χ2v) is 6.35. The van der Waals surface area contributed by atoms with Gasteiger partial charge in [-0.1, -0.05) is 31.4 Å². The van der Waals surface area contributed by atoms with E-state index in [4.69, 9.17) is 11.6 Å². The summed E-state index contributed by atoms with van der Waals surface area (Å²) < 4.78 is 0. The predicted octanol–water partition coefficient (Wildman–Crippen LogP) is 5.19. The van der Waals surface area contributed by atoms with Gasteiger partial charge in [0, 0.05) is 28.3 Å². The zero-order chi connectivity index (χ0) is 14.1. The molecule has 0 bridgehead atoms. The number of hydrogen-bond donors (Lipinski definition) is 1. The Balaban J connectivity index is 1.97. The van der Waals surface area contributed by atoms with Gasteiger partial charge in [0.25, 0.3) is 0 Å². The van der Waals surface area contributed by atoms with Gasteiger partial charge in [-0.25, -0.2) is 0 Å². The molecule has 0 unspecified atom stereocenters. The Hall–Kier alpha value is -1.28. The number of aryl methyl sites for hydroxylation is 1. The molecule has 0 saturated heterocycles. The van der Waals surface area contributed by atoms with E-state index in [9.17, 15) is 0 Å². The van der Waals surface area contributed by atoms with Crippen LogP contribution in [0.25, 0.3) is 10.9 Å². The molecule has 1 fully saturated rings. The Bertz CT molecular complexity index is 624. The maximum Gasteiger partial charge on any atom is 0.0766 e. The fourth-order valence-electron chi connectivity index (χ4n) is 3.19. The van der Waals surface area contributed by atoms with Crippen molar-refractivity contribution in [1.82, 2.24) is 4.98 Å². The van der Waals surface area contributed by atoms with Crippen molar-refractivity contribution in [3.63, 3.8) is 0 Å². The van der Waals surface area contributed by atoms with Crippen molar-refractivity contribution >= 4 is 28.2 Å². The summed E-state index contributed by atoms with van der Waals surface area (Å²) in [6.07, 6.45) is 7.16. The van der Waals surface area contributed by atoms with E-state index in [1.54, 1.807) is 0 Å². The number of fused-ring (bicyclic) bond motifs is 1. The smallest absolute Gasteiger partial charge is 0.0766 e. The van der Waals surface area contributed by atoms with Gasteiger partial charge < -0.3 is 5.32 Å². The van der Waals surface area contributed by atoms with E-state index >= 15 is 0 Å². The Morgan fingerprint density at radius 1 is 1.20 bits per heavy atom. The van der Waals surface area contributed by atoms with E-state index in [1.807, 2.05) is 19.2 Å². The number of benzene rings is 1. The number of pyridine rings is 1. The zero-order valence-electron chi connectivity index (χ0n) is 12.1. The Morgan fingerprint density at radius 3 is 2.80 bits per heavy atom. The highest BCUT2D eigenvalue weighted by Gasteiger charge is 2.21. The molecule has 1 heterocycles. The lowest BCUT2D eigenvalue weighted by molar-refractivity contribution is 0.350. The third-order valence-electron chi connectivity index (χ3n) is 4.55. The highest BCUT2D eigenvalue weighted by atomic mass is 35.5. The van der Waals surface area contributed by atoms with Crippen LogP contribution in [0.1, 0.15) is 38.2 Å². The topological polar surface area (TPSA) is 24.9 Å². The molecule has 2 nitrogen and oxygen atoms in total. The molecular formula is C17H21ClN2. The number of halogens is 1. The first-order valence-corrected chi connectivity index (χ1v) is 7.85. The highest BCUT2D eigenvalue weighted by Crippen LogP contribution is 2.32. The second kappa shape index (κ2) is 5.61. The fourth-order valence-corrected chi connectivity index (χ4v) is 3.34. The van der Waals surface area contributed by atoms with Crippen LogP contribution in [-0.4, -0.2) is 11.0 Å². The van der Waals surface area contributed by atoms with Crippen LogP contribution >= 0.6 is 11.6 Å². The summed E-state index contributed by atoms with van der Waals surface area (Å²) in [5, 5.41) is 5.70. The van der Waals surface area contributed by atoms with Crippen LogP contribution in [0.5, 0.6) is 0 Å². The summed E-state index contributed by atoms with van der Waals surface area (Å²) >= 11 is 6.19. The van der Waals surface area contributed by atoms with Crippen LogP contribution < -0.4 is 5.32 Å². The van der Waals surface area contributed by atoms with Crippen LogP contribution in [-0.2, 0) is 0 Å². The molecular weight excluding hydrogens is 268 g/mol. The molecule has 0 radical (unpaired) electrons. The number of anilines is 1. The Labute approximate surface area is 125 Å². The monoisotopic (exact) mass is 288 g/mol. The van der Waals surface area contributed by atoms with E-state index < -0.39 is 0 Å². The van der Waals surface area contributed by atoms with Crippen LogP contribution in [0.2, 0.25) is 5.02 Å². The highest BCUT2D eigenvalue weighted by molar-refractivity contribution is 6.32. The molecule has 0 amide bonds. The summed E-state index contributed by atoms with van der Waals surface area (Å²) in [6, 6.07) is 6.70. The molecule has 1 N–H and O–H groups in total. The quantitative estimate of drug-likeness (QED) is 0.823. The minimum atomic E-state index is 0.574. The van der Waals surface area contributed by atoms with Crippen molar-refractivity contribution in [3.05, 3.63) is 35.0 Å². The fraction of sp³-hybridized carbons (Fsp3) is 0.471. The van der Waals surface area contributed by atoms with Crippen molar-refractivity contribution in [2.45, 2.75) is 45.6 Å². The molecule has 106 valence electrons. The number of nitrogens with one attached hydrogen (secondary N) is 1. The van der Waals surface area contributed by atoms with Crippen molar-refractivity contribution in [2.75, 3.05) is 5.32 Å². The van der Waals surface area contributed by atoms with Gasteiger partial charge in [0.1, 0.15) is 0 Å². The molecule has 3 heteroatoms. The summed E-state index contributed by atoms with van der Waals surface area (Å²) in [6.45, 7) is 4.38. The average Bonchev–Trinajstić information content (AvgIpc) is 2.46. The molecule has 3 rings (SSSR count). The second-order valence-electron chi connectivity index (χ2n) is 5.94. The molecule has 1 aromatic heterocycles. The first kappa shape index (κ1) is 13.7. The normalized spacial score (nSPS) is 22.9. The van der Waals surface area contributed by atoms with Gasteiger partial charge in [-0.05, 0) is 49.4 Å². The lowest BCUT2D eigenvalue weighted by Gasteiger charge is -2.30. The van der Waals surface area contributed by atoms with Crippen molar-refractivity contribution in [2.24, 2.45) is 5.92 Å². The molecule has 20 heavy (non-hydrogen) atoms. The van der Waals surface area contributed by atoms with Crippen molar-refractivity contribution in [1.29, 1.82) is 0 Å². The van der Waals surface area contributed by atoms with Gasteiger partial charge >= 0.3 is 0 Å². The van der Waals surface area contributed by atoms with Crippen LogP contribution in [0.4, 0.5) is 5.69 Å². The molecule has 2 aromatic rings. The van der Waals surface area contributed by atoms with Crippen LogP contribution in [0, 0.1) is 12.8 Å². The van der Waals surface area contributed by atoms with Crippen LogP contribution in [0.3, 0.4) is 0 Å². The van der Waals surface area contributed by atoms with Gasteiger partial charge in [-0.3, -0.25) is 4.98 Å². The summed E-state index contributed by atoms with van der Waals surface area (Å²) in [5.74, 6) is 0.736. The zero-order valence-corrected chi connectivity index (χ0v) is 12.9. The van der Waals surface area contributed by atoms with Gasteiger partial charge in [0.2, 0.25) is 0 Å². The largest absolute Gasteiger partial charge is 0.381 e. The third-order valence-corrected chi connectivity index (χ3v) is 4.96.